The number of fused-ring (bicyclic) bond motifs is 2. The number of aryl methyl sites for hydroxylation is 1. The van der Waals surface area contributed by atoms with Crippen LogP contribution >= 0.6 is 22.5 Å². The summed E-state index contributed by atoms with van der Waals surface area (Å²) in [6, 6.07) is 12.9. The summed E-state index contributed by atoms with van der Waals surface area (Å²) in [5.74, 6) is 0. The van der Waals surface area contributed by atoms with E-state index in [0.29, 0.717) is 18.2 Å². The van der Waals surface area contributed by atoms with E-state index in [1.54, 1.807) is 6.20 Å². The summed E-state index contributed by atoms with van der Waals surface area (Å²) < 4.78 is 8.77. The number of β-amino-alcohol motifs (C(OH)–C–C–N with tert-alkyl or cyclic N) is 1. The van der Waals surface area contributed by atoms with Crippen molar-refractivity contribution in [1.29, 1.82) is 0 Å². The van der Waals surface area contributed by atoms with Gasteiger partial charge in [0.15, 0.2) is 0 Å². The Morgan fingerprint density at radius 1 is 1.24 bits per heavy atom. The number of aliphatic hydroxyl groups is 1. The molecule has 2 aliphatic rings. The van der Waals surface area contributed by atoms with Crippen molar-refractivity contribution < 1.29 is 9.84 Å². The van der Waals surface area contributed by atoms with Gasteiger partial charge in [-0.15, -0.1) is 10.9 Å². The van der Waals surface area contributed by atoms with E-state index in [1.165, 1.54) is 20.1 Å². The number of ether oxygens (including phenoxy) is 1. The quantitative estimate of drug-likeness (QED) is 0.340. The maximum Gasteiger partial charge on any atom is 0.0938 e. The summed E-state index contributed by atoms with van der Waals surface area (Å²) >= 11 is 6.54. The van der Waals surface area contributed by atoms with Gasteiger partial charge in [0.05, 0.1) is 29.4 Å². The highest BCUT2D eigenvalue weighted by molar-refractivity contribution is 7.87. The molecule has 0 aliphatic carbocycles. The molecule has 2 atom stereocenters. The average molecular weight is 484 g/mol. The highest BCUT2D eigenvalue weighted by Gasteiger charge is 2.25. The smallest absolute Gasteiger partial charge is 0.0938 e. The zero-order valence-corrected chi connectivity index (χ0v) is 20.5. The Bertz CT molecular complexity index is 1290. The summed E-state index contributed by atoms with van der Waals surface area (Å²) in [6.45, 7) is 6.58. The van der Waals surface area contributed by atoms with E-state index in [9.17, 15) is 5.11 Å². The van der Waals surface area contributed by atoms with Crippen LogP contribution in [0.2, 0.25) is 5.02 Å². The Kier molecular flexibility index (Phi) is 7.11. The van der Waals surface area contributed by atoms with Crippen LogP contribution in [0.25, 0.3) is 10.9 Å². The monoisotopic (exact) mass is 483 g/mol. The van der Waals surface area contributed by atoms with Gasteiger partial charge in [-0.25, -0.2) is 0 Å². The Balaban J connectivity index is 1.21. The third-order valence-corrected chi connectivity index (χ3v) is 7.57. The van der Waals surface area contributed by atoms with Crippen molar-refractivity contribution in [2.75, 3.05) is 32.8 Å². The van der Waals surface area contributed by atoms with E-state index in [2.05, 4.69) is 52.5 Å². The molecule has 3 heterocycles. The number of nitrogens with one attached hydrogen (secondary N) is 1. The van der Waals surface area contributed by atoms with Crippen molar-refractivity contribution in [2.45, 2.75) is 38.5 Å². The Morgan fingerprint density at radius 2 is 2.12 bits per heavy atom. The maximum absolute atomic E-state index is 11.2. The number of aliphatic hydroxyl groups excluding tert-OH is 1. The van der Waals surface area contributed by atoms with Crippen LogP contribution in [0, 0.1) is 9.02 Å². The normalized spacial score (nSPS) is 18.7. The molecule has 0 radical (unpaired) electrons. The topological polar surface area (TPSA) is 57.6 Å². The lowest BCUT2D eigenvalue weighted by Crippen LogP contribution is -2.47. The Hall–Kier alpha value is -1.80. The molecule has 2 N–H and O–H groups in total. The van der Waals surface area contributed by atoms with Gasteiger partial charge < -0.3 is 15.2 Å². The molecule has 5 nitrogen and oxygen atoms in total. The first-order chi connectivity index (χ1) is 16.1. The minimum atomic E-state index is -0.678. The van der Waals surface area contributed by atoms with Gasteiger partial charge in [0.2, 0.25) is 0 Å². The molecule has 2 unspecified atom stereocenters. The van der Waals surface area contributed by atoms with Gasteiger partial charge in [0.25, 0.3) is 0 Å². The molecule has 0 saturated carbocycles. The fourth-order valence-corrected chi connectivity index (χ4v) is 5.56. The van der Waals surface area contributed by atoms with Gasteiger partial charge in [-0.1, -0.05) is 37.1 Å². The maximum atomic E-state index is 11.2. The number of rotatable bonds is 9. The van der Waals surface area contributed by atoms with Crippen molar-refractivity contribution in [3.8, 4) is 0 Å². The second-order valence-corrected chi connectivity index (χ2v) is 10.4. The van der Waals surface area contributed by atoms with Gasteiger partial charge >= 0.3 is 0 Å². The number of hydrogen-bond donors (Lipinski definition) is 2. The molecule has 0 spiro atoms. The van der Waals surface area contributed by atoms with Crippen LogP contribution in [-0.4, -0.2) is 53.9 Å². The molecular weight excluding hydrogens is 454 g/mol. The second kappa shape index (κ2) is 10.2. The largest absolute Gasteiger partial charge is 0.387 e. The summed E-state index contributed by atoms with van der Waals surface area (Å²) in [7, 11) is 1.85. The Labute approximate surface area is 202 Å². The standard InChI is InChI=1S/C26H30ClN3O2S/c1-2-3-17-4-6-22-20(10-17)26(21(27)14-29-22)23(31)16-30-8-9-32-19(15-30)13-28-12-18-5-7-24-25(11-18)33-24/h4-7,10-11,14,19,23,28,31H,2-3,8-9,12-13,15-16H2,1H3. The molecule has 3 aromatic rings. The van der Waals surface area contributed by atoms with Gasteiger partial charge in [0, 0.05) is 58.9 Å². The number of benzene rings is 2. The average Bonchev–Trinajstić information content (AvgIpc) is 3.58. The molecule has 33 heavy (non-hydrogen) atoms. The number of nitrogens with zero attached hydrogens (tertiary/aromatic N) is 2. The van der Waals surface area contributed by atoms with E-state index < -0.39 is 6.10 Å². The van der Waals surface area contributed by atoms with E-state index in [0.717, 1.165) is 55.5 Å². The van der Waals surface area contributed by atoms with Crippen molar-refractivity contribution in [2.24, 2.45) is 0 Å². The highest BCUT2D eigenvalue weighted by atomic mass is 35.5. The molecular formula is C26H30ClN3O2S. The lowest BCUT2D eigenvalue weighted by molar-refractivity contribution is -0.0394. The van der Waals surface area contributed by atoms with Crippen molar-refractivity contribution in [3.05, 3.63) is 73.3 Å². The molecule has 2 aliphatic heterocycles. The SMILES string of the molecule is CCCc1ccc2ncc(Cl)c(C(O)CN3CCOC(CNCc4ccc5c(c4)=S=5)C3)c2c1. The van der Waals surface area contributed by atoms with Crippen LogP contribution in [0.4, 0.5) is 0 Å². The summed E-state index contributed by atoms with van der Waals surface area (Å²) in [5.41, 5.74) is 4.21. The number of aromatic nitrogens is 1. The first kappa shape index (κ1) is 23.0. The molecule has 5 rings (SSSR count). The van der Waals surface area contributed by atoms with E-state index in [-0.39, 0.29) is 6.10 Å². The zero-order valence-electron chi connectivity index (χ0n) is 18.9. The minimum Gasteiger partial charge on any atom is -0.387 e. The Morgan fingerprint density at radius 3 is 2.97 bits per heavy atom. The molecule has 1 aromatic heterocycles. The van der Waals surface area contributed by atoms with Crippen LogP contribution < -0.4 is 5.32 Å². The molecule has 2 aromatic carbocycles. The van der Waals surface area contributed by atoms with Gasteiger partial charge in [-0.3, -0.25) is 9.88 Å². The lowest BCUT2D eigenvalue weighted by atomic mass is 9.99. The summed E-state index contributed by atoms with van der Waals surface area (Å²) in [4.78, 5) is 6.74. The molecule has 0 bridgehead atoms. The lowest BCUT2D eigenvalue weighted by Gasteiger charge is -2.34. The second-order valence-electron chi connectivity index (χ2n) is 8.90. The first-order valence-electron chi connectivity index (χ1n) is 11.7. The fraction of sp³-hybridized carbons (Fsp3) is 0.423. The molecule has 0 amide bonds. The van der Waals surface area contributed by atoms with Crippen LogP contribution in [0.15, 0.2) is 42.6 Å². The highest BCUT2D eigenvalue weighted by Crippen LogP contribution is 2.31. The molecule has 174 valence electrons. The number of hydrogen-bond acceptors (Lipinski definition) is 5. The van der Waals surface area contributed by atoms with E-state index >= 15 is 0 Å². The van der Waals surface area contributed by atoms with Gasteiger partial charge in [0.1, 0.15) is 0 Å². The van der Waals surface area contributed by atoms with Crippen LogP contribution in [-0.2, 0) is 17.7 Å². The third-order valence-electron chi connectivity index (χ3n) is 6.34. The van der Waals surface area contributed by atoms with E-state index in [4.69, 9.17) is 16.3 Å². The molecule has 1 fully saturated rings. The van der Waals surface area contributed by atoms with Crippen molar-refractivity contribution >= 4 is 33.4 Å². The number of morpholine rings is 1. The number of halogens is 1. The minimum absolute atomic E-state index is 0.102. The van der Waals surface area contributed by atoms with Crippen molar-refractivity contribution in [3.63, 3.8) is 0 Å². The van der Waals surface area contributed by atoms with Crippen LogP contribution in [0.1, 0.15) is 36.1 Å². The van der Waals surface area contributed by atoms with Crippen molar-refractivity contribution in [1.82, 2.24) is 15.2 Å². The van der Waals surface area contributed by atoms with Gasteiger partial charge in [-0.2, -0.15) is 0 Å². The van der Waals surface area contributed by atoms with Crippen LogP contribution in [0.5, 0.6) is 0 Å². The zero-order chi connectivity index (χ0) is 22.8. The predicted octanol–water partition coefficient (Wildman–Crippen LogP) is 4.61. The number of pyridine rings is 1. The van der Waals surface area contributed by atoms with E-state index in [1.807, 2.05) is 17.0 Å². The fourth-order valence-electron chi connectivity index (χ4n) is 4.62. The predicted molar refractivity (Wildman–Crippen MR) is 135 cm³/mol. The molecule has 7 heteroatoms. The third kappa shape index (κ3) is 5.48. The molecule has 1 saturated heterocycles. The first-order valence-corrected chi connectivity index (χ1v) is 12.9. The summed E-state index contributed by atoms with van der Waals surface area (Å²) in [5, 5.41) is 16.2. The summed E-state index contributed by atoms with van der Waals surface area (Å²) in [6.07, 6.45) is 3.15. The van der Waals surface area contributed by atoms with Gasteiger partial charge in [-0.05, 0) is 41.8 Å². The van der Waals surface area contributed by atoms with Crippen LogP contribution in [0.3, 0.4) is 0 Å².